The molecule has 1 N–H and O–H groups in total. The van der Waals surface area contributed by atoms with E-state index < -0.39 is 0 Å². The summed E-state index contributed by atoms with van der Waals surface area (Å²) in [6, 6.07) is 6.81. The van der Waals surface area contributed by atoms with E-state index >= 15 is 0 Å². The molecule has 0 aromatic heterocycles. The molecular formula is C12H16BrN. The molecule has 1 rings (SSSR count). The Labute approximate surface area is 94.3 Å². The van der Waals surface area contributed by atoms with E-state index in [-0.39, 0.29) is 0 Å². The molecule has 2 heteroatoms. The molecule has 0 bridgehead atoms. The van der Waals surface area contributed by atoms with Crippen molar-refractivity contribution in [3.05, 3.63) is 46.5 Å². The second kappa shape index (κ2) is 5.32. The Morgan fingerprint density at radius 3 is 2.79 bits per heavy atom. The van der Waals surface area contributed by atoms with Gasteiger partial charge in [0.15, 0.2) is 0 Å². The van der Waals surface area contributed by atoms with E-state index in [1.54, 1.807) is 0 Å². The third-order valence-corrected chi connectivity index (χ3v) is 3.22. The van der Waals surface area contributed by atoms with Crippen LogP contribution in [-0.4, -0.2) is 7.05 Å². The fourth-order valence-corrected chi connectivity index (χ4v) is 1.72. The van der Waals surface area contributed by atoms with Crippen molar-refractivity contribution in [2.24, 2.45) is 0 Å². The van der Waals surface area contributed by atoms with Gasteiger partial charge in [-0.2, -0.15) is 0 Å². The van der Waals surface area contributed by atoms with Crippen molar-refractivity contribution in [3.8, 4) is 0 Å². The fraction of sp³-hybridized carbons (Fsp3) is 0.333. The van der Waals surface area contributed by atoms with Crippen molar-refractivity contribution in [2.75, 3.05) is 7.05 Å². The minimum Gasteiger partial charge on any atom is -0.313 e. The molecule has 0 spiro atoms. The Kier molecular flexibility index (Phi) is 4.36. The molecule has 0 saturated carbocycles. The molecule has 1 aromatic carbocycles. The van der Waals surface area contributed by atoms with E-state index in [1.165, 1.54) is 11.1 Å². The normalized spacial score (nSPS) is 12.5. The highest BCUT2D eigenvalue weighted by molar-refractivity contribution is 9.10. The minimum absolute atomic E-state index is 0.374. The first-order valence-electron chi connectivity index (χ1n) is 4.73. The largest absolute Gasteiger partial charge is 0.313 e. The highest BCUT2D eigenvalue weighted by Gasteiger charge is 2.07. The van der Waals surface area contributed by atoms with Gasteiger partial charge in [-0.15, -0.1) is 6.58 Å². The maximum Gasteiger partial charge on any atom is 0.0352 e. The summed E-state index contributed by atoms with van der Waals surface area (Å²) in [7, 11) is 1.98. The lowest BCUT2D eigenvalue weighted by atomic mass is 10.0. The zero-order valence-corrected chi connectivity index (χ0v) is 10.3. The summed E-state index contributed by atoms with van der Waals surface area (Å²) < 4.78 is 1.16. The number of hydrogen-bond donors (Lipinski definition) is 1. The van der Waals surface area contributed by atoms with Gasteiger partial charge in [-0.3, -0.25) is 0 Å². The third-order valence-electron chi connectivity index (χ3n) is 2.34. The lowest BCUT2D eigenvalue weighted by Crippen LogP contribution is -2.15. The molecule has 1 unspecified atom stereocenters. The topological polar surface area (TPSA) is 12.0 Å². The van der Waals surface area contributed by atoms with Crippen molar-refractivity contribution in [3.63, 3.8) is 0 Å². The van der Waals surface area contributed by atoms with Crippen molar-refractivity contribution in [2.45, 2.75) is 19.4 Å². The summed E-state index contributed by atoms with van der Waals surface area (Å²) in [4.78, 5) is 0. The van der Waals surface area contributed by atoms with Gasteiger partial charge in [-0.25, -0.2) is 0 Å². The van der Waals surface area contributed by atoms with Gasteiger partial charge < -0.3 is 5.32 Å². The summed E-state index contributed by atoms with van der Waals surface area (Å²) >= 11 is 3.50. The SMILES string of the molecule is C=CCC(NC)c1ccc(Br)c(C)c1. The van der Waals surface area contributed by atoms with E-state index in [1.807, 2.05) is 13.1 Å². The van der Waals surface area contributed by atoms with Crippen molar-refractivity contribution in [1.82, 2.24) is 5.32 Å². The van der Waals surface area contributed by atoms with Gasteiger partial charge in [0.25, 0.3) is 0 Å². The summed E-state index contributed by atoms with van der Waals surface area (Å²) in [6.07, 6.45) is 2.90. The van der Waals surface area contributed by atoms with E-state index in [0.717, 1.165) is 10.9 Å². The second-order valence-electron chi connectivity index (χ2n) is 3.37. The van der Waals surface area contributed by atoms with E-state index in [2.05, 4.69) is 52.9 Å². The lowest BCUT2D eigenvalue weighted by molar-refractivity contribution is 0.603. The number of hydrogen-bond acceptors (Lipinski definition) is 1. The van der Waals surface area contributed by atoms with E-state index in [9.17, 15) is 0 Å². The molecule has 1 atom stereocenters. The first kappa shape index (κ1) is 11.5. The van der Waals surface area contributed by atoms with Crippen LogP contribution in [0.5, 0.6) is 0 Å². The van der Waals surface area contributed by atoms with Crippen LogP contribution >= 0.6 is 15.9 Å². The van der Waals surface area contributed by atoms with Gasteiger partial charge in [0.2, 0.25) is 0 Å². The Bertz CT molecular complexity index is 320. The Hall–Kier alpha value is -0.600. The maximum atomic E-state index is 3.76. The molecule has 0 fully saturated rings. The molecule has 1 nitrogen and oxygen atoms in total. The van der Waals surface area contributed by atoms with Gasteiger partial charge >= 0.3 is 0 Å². The first-order chi connectivity index (χ1) is 6.69. The van der Waals surface area contributed by atoms with Crippen LogP contribution in [0.3, 0.4) is 0 Å². The number of nitrogens with one attached hydrogen (secondary N) is 1. The Balaban J connectivity index is 2.93. The van der Waals surface area contributed by atoms with Gasteiger partial charge in [-0.05, 0) is 37.6 Å². The van der Waals surface area contributed by atoms with Crippen LogP contribution in [-0.2, 0) is 0 Å². The maximum absolute atomic E-state index is 3.76. The Morgan fingerprint density at radius 2 is 2.29 bits per heavy atom. The highest BCUT2D eigenvalue weighted by atomic mass is 79.9. The zero-order chi connectivity index (χ0) is 10.6. The lowest BCUT2D eigenvalue weighted by Gasteiger charge is -2.15. The van der Waals surface area contributed by atoms with Crippen LogP contribution in [0.2, 0.25) is 0 Å². The predicted molar refractivity (Wildman–Crippen MR) is 65.5 cm³/mol. The summed E-state index contributed by atoms with van der Waals surface area (Å²) in [5.41, 5.74) is 2.58. The molecule has 0 saturated heterocycles. The average molecular weight is 254 g/mol. The molecular weight excluding hydrogens is 238 g/mol. The van der Waals surface area contributed by atoms with E-state index in [0.29, 0.717) is 6.04 Å². The molecule has 76 valence electrons. The van der Waals surface area contributed by atoms with E-state index in [4.69, 9.17) is 0 Å². The first-order valence-corrected chi connectivity index (χ1v) is 5.52. The summed E-state index contributed by atoms with van der Waals surface area (Å²) in [5, 5.41) is 3.28. The monoisotopic (exact) mass is 253 g/mol. The van der Waals surface area contributed by atoms with Crippen LogP contribution in [0.15, 0.2) is 35.3 Å². The quantitative estimate of drug-likeness (QED) is 0.809. The van der Waals surface area contributed by atoms with Crippen molar-refractivity contribution < 1.29 is 0 Å². The smallest absolute Gasteiger partial charge is 0.0352 e. The zero-order valence-electron chi connectivity index (χ0n) is 8.68. The van der Waals surface area contributed by atoms with Crippen LogP contribution in [0.4, 0.5) is 0 Å². The van der Waals surface area contributed by atoms with Crippen LogP contribution in [0.25, 0.3) is 0 Å². The van der Waals surface area contributed by atoms with Crippen LogP contribution < -0.4 is 5.32 Å². The minimum atomic E-state index is 0.374. The van der Waals surface area contributed by atoms with Gasteiger partial charge in [0.05, 0.1) is 0 Å². The molecule has 0 aliphatic carbocycles. The molecule has 0 aliphatic rings. The number of halogens is 1. The Morgan fingerprint density at radius 1 is 1.57 bits per heavy atom. The highest BCUT2D eigenvalue weighted by Crippen LogP contribution is 2.22. The van der Waals surface area contributed by atoms with Crippen molar-refractivity contribution in [1.29, 1.82) is 0 Å². The van der Waals surface area contributed by atoms with Crippen LogP contribution in [0.1, 0.15) is 23.6 Å². The molecule has 0 amide bonds. The summed E-state index contributed by atoms with van der Waals surface area (Å²) in [5.74, 6) is 0. The number of benzene rings is 1. The third kappa shape index (κ3) is 2.69. The molecule has 14 heavy (non-hydrogen) atoms. The summed E-state index contributed by atoms with van der Waals surface area (Å²) in [6.45, 7) is 5.87. The van der Waals surface area contributed by atoms with Crippen LogP contribution in [0, 0.1) is 6.92 Å². The number of aryl methyl sites for hydroxylation is 1. The standard InChI is InChI=1S/C12H16BrN/c1-4-5-12(14-3)10-6-7-11(13)9(2)8-10/h4,6-8,12,14H,1,5H2,2-3H3. The molecule has 0 heterocycles. The predicted octanol–water partition coefficient (Wildman–Crippen LogP) is 3.59. The average Bonchev–Trinajstić information content (AvgIpc) is 2.19. The molecule has 0 radical (unpaired) electrons. The molecule has 0 aliphatic heterocycles. The van der Waals surface area contributed by atoms with Gasteiger partial charge in [0.1, 0.15) is 0 Å². The van der Waals surface area contributed by atoms with Gasteiger partial charge in [0, 0.05) is 10.5 Å². The second-order valence-corrected chi connectivity index (χ2v) is 4.23. The van der Waals surface area contributed by atoms with Crippen molar-refractivity contribution >= 4 is 15.9 Å². The fourth-order valence-electron chi connectivity index (χ4n) is 1.47. The number of rotatable bonds is 4. The molecule has 1 aromatic rings. The van der Waals surface area contributed by atoms with Gasteiger partial charge in [-0.1, -0.05) is 34.1 Å².